The van der Waals surface area contributed by atoms with Crippen molar-refractivity contribution in [2.75, 3.05) is 0 Å². The number of hydrogen-bond donors (Lipinski definition) is 0. The number of hydrogen-bond acceptors (Lipinski definition) is 3. The number of halogens is 1. The van der Waals surface area contributed by atoms with Crippen molar-refractivity contribution in [3.8, 4) is 0 Å². The van der Waals surface area contributed by atoms with E-state index in [2.05, 4.69) is 40.1 Å². The van der Waals surface area contributed by atoms with Crippen molar-refractivity contribution >= 4 is 21.7 Å². The fraction of sp³-hybridized carbons (Fsp3) is 0.121. The molecule has 6 aromatic rings. The van der Waals surface area contributed by atoms with Crippen LogP contribution in [-0.2, 0) is 26.5 Å². The number of fused-ring (bicyclic) bond motifs is 3. The van der Waals surface area contributed by atoms with E-state index in [4.69, 9.17) is 0 Å². The van der Waals surface area contributed by atoms with Crippen molar-refractivity contribution in [3.05, 3.63) is 150 Å². The van der Waals surface area contributed by atoms with E-state index in [1.807, 2.05) is 98.2 Å². The summed E-state index contributed by atoms with van der Waals surface area (Å²) in [6.07, 6.45) is 3.64. The zero-order chi connectivity index (χ0) is 25.8. The summed E-state index contributed by atoms with van der Waals surface area (Å²) in [7, 11) is 0. The van der Waals surface area contributed by atoms with Crippen LogP contribution in [0.25, 0.3) is 21.7 Å². The first-order valence-electron chi connectivity index (χ1n) is 12.2. The Kier molecular flexibility index (Phi) is 8.44. The van der Waals surface area contributed by atoms with Gasteiger partial charge in [-0.15, -0.1) is 28.5 Å². The molecule has 3 heterocycles. The Hall–Kier alpha value is -3.75. The predicted molar refractivity (Wildman–Crippen MR) is 147 cm³/mol. The van der Waals surface area contributed by atoms with E-state index >= 15 is 0 Å². The standard InChI is InChI=1S/C18H15N2.C15H11FN.Pt/c1-18(15-9-3-2-4-10-15,16-11-5-7-13-19-16)17-12-6-8-14-20-17;1-9-7-13-12(8-14(9)16)6-5-11-4-3-10(2)17-15(11)13;/h2-9,11-14H,1H3;3-6,8H,1-2H3;/q2*-1;+2. The van der Waals surface area contributed by atoms with Gasteiger partial charge in [0.1, 0.15) is 0 Å². The summed E-state index contributed by atoms with van der Waals surface area (Å²) < 4.78 is 13.5. The molecule has 0 fully saturated rings. The van der Waals surface area contributed by atoms with Gasteiger partial charge in [-0.3, -0.25) is 14.4 Å². The third-order valence-corrected chi connectivity index (χ3v) is 6.59. The molecule has 3 aromatic carbocycles. The molecule has 0 aliphatic carbocycles. The number of aromatic nitrogens is 3. The molecule has 0 spiro atoms. The van der Waals surface area contributed by atoms with E-state index in [1.165, 1.54) is 0 Å². The average Bonchev–Trinajstić information content (AvgIpc) is 2.95. The van der Waals surface area contributed by atoms with Crippen molar-refractivity contribution in [1.29, 1.82) is 0 Å². The van der Waals surface area contributed by atoms with Crippen LogP contribution in [0.4, 0.5) is 4.39 Å². The molecular weight excluding hydrogens is 652 g/mol. The van der Waals surface area contributed by atoms with Crippen LogP contribution in [0.1, 0.15) is 35.1 Å². The normalized spacial score (nSPS) is 10.9. The van der Waals surface area contributed by atoms with E-state index in [-0.39, 0.29) is 26.9 Å². The Morgan fingerprint density at radius 2 is 1.39 bits per heavy atom. The van der Waals surface area contributed by atoms with Gasteiger partial charge in [0.2, 0.25) is 0 Å². The van der Waals surface area contributed by atoms with Crippen LogP contribution in [0.15, 0.2) is 103 Å². The second kappa shape index (κ2) is 11.7. The third-order valence-electron chi connectivity index (χ3n) is 6.59. The molecule has 0 radical (unpaired) electrons. The molecule has 3 aromatic heterocycles. The summed E-state index contributed by atoms with van der Waals surface area (Å²) in [5.41, 5.74) is 5.00. The molecule has 0 aliphatic heterocycles. The van der Waals surface area contributed by atoms with Crippen LogP contribution < -0.4 is 0 Å². The molecule has 0 saturated carbocycles. The average molecular weight is 679 g/mol. The van der Waals surface area contributed by atoms with Crippen molar-refractivity contribution in [3.63, 3.8) is 0 Å². The van der Waals surface area contributed by atoms with Crippen molar-refractivity contribution < 1.29 is 25.5 Å². The number of aryl methyl sites for hydroxylation is 2. The van der Waals surface area contributed by atoms with Gasteiger partial charge in [0.25, 0.3) is 0 Å². The third kappa shape index (κ3) is 5.42. The Bertz CT molecular complexity index is 1560. The SMILES string of the molecule is CC(c1[c-]cccc1)(c1ccccn1)c1ccccn1.Cc1ccc2ccc3cc(F)c(C)[c-]c3c2n1.[Pt+2]. The maximum absolute atomic E-state index is 13.5. The summed E-state index contributed by atoms with van der Waals surface area (Å²) in [4.78, 5) is 13.6. The topological polar surface area (TPSA) is 38.7 Å². The van der Waals surface area contributed by atoms with E-state index in [0.717, 1.165) is 44.3 Å². The van der Waals surface area contributed by atoms with Gasteiger partial charge >= 0.3 is 21.1 Å². The minimum absolute atomic E-state index is 0. The molecule has 0 bridgehead atoms. The van der Waals surface area contributed by atoms with Gasteiger partial charge in [0.05, 0.1) is 16.8 Å². The van der Waals surface area contributed by atoms with Gasteiger partial charge in [-0.2, -0.15) is 30.3 Å². The number of pyridine rings is 3. The van der Waals surface area contributed by atoms with Crippen LogP contribution >= 0.6 is 0 Å². The Labute approximate surface area is 237 Å². The van der Waals surface area contributed by atoms with Crippen molar-refractivity contribution in [2.45, 2.75) is 26.2 Å². The largest absolute Gasteiger partial charge is 2.00 e. The molecule has 5 heteroatoms. The Morgan fingerprint density at radius 1 is 0.763 bits per heavy atom. The summed E-state index contributed by atoms with van der Waals surface area (Å²) in [6, 6.07) is 35.8. The molecule has 0 saturated heterocycles. The molecule has 0 unspecified atom stereocenters. The molecule has 0 N–H and O–H groups in total. The molecule has 0 aliphatic rings. The predicted octanol–water partition coefficient (Wildman–Crippen LogP) is 7.57. The van der Waals surface area contributed by atoms with E-state index in [9.17, 15) is 4.39 Å². The first-order valence-corrected chi connectivity index (χ1v) is 12.2. The molecule has 3 nitrogen and oxygen atoms in total. The number of benzene rings is 3. The van der Waals surface area contributed by atoms with Crippen LogP contribution in [0.5, 0.6) is 0 Å². The van der Waals surface area contributed by atoms with E-state index in [1.54, 1.807) is 13.0 Å². The number of rotatable bonds is 3. The first kappa shape index (κ1) is 27.3. The van der Waals surface area contributed by atoms with Gasteiger partial charge < -0.3 is 4.98 Å². The van der Waals surface area contributed by atoms with Crippen LogP contribution in [0.2, 0.25) is 0 Å². The van der Waals surface area contributed by atoms with Crippen LogP contribution in [0, 0.1) is 31.8 Å². The van der Waals surface area contributed by atoms with Crippen molar-refractivity contribution in [2.24, 2.45) is 0 Å². The second-order valence-electron chi connectivity index (χ2n) is 9.13. The smallest absolute Gasteiger partial charge is 0.301 e. The fourth-order valence-electron chi connectivity index (χ4n) is 4.47. The Morgan fingerprint density at radius 3 is 2.00 bits per heavy atom. The summed E-state index contributed by atoms with van der Waals surface area (Å²) in [6.45, 7) is 5.82. The van der Waals surface area contributed by atoms with E-state index < -0.39 is 5.41 Å². The molecule has 190 valence electrons. The summed E-state index contributed by atoms with van der Waals surface area (Å²) in [5.74, 6) is -0.218. The van der Waals surface area contributed by atoms with Gasteiger partial charge in [0, 0.05) is 23.9 Å². The minimum atomic E-state index is -0.399. The maximum Gasteiger partial charge on any atom is 2.00 e. The van der Waals surface area contributed by atoms with Gasteiger partial charge in [-0.25, -0.2) is 0 Å². The molecule has 0 atom stereocenters. The molecular formula is C33H26FN3Pt. The summed E-state index contributed by atoms with van der Waals surface area (Å²) >= 11 is 0. The van der Waals surface area contributed by atoms with Gasteiger partial charge in [-0.1, -0.05) is 42.8 Å². The Balaban J connectivity index is 0.000000174. The van der Waals surface area contributed by atoms with Crippen LogP contribution in [0.3, 0.4) is 0 Å². The second-order valence-corrected chi connectivity index (χ2v) is 9.13. The quantitative estimate of drug-likeness (QED) is 0.143. The molecule has 0 amide bonds. The van der Waals surface area contributed by atoms with Gasteiger partial charge in [0.15, 0.2) is 0 Å². The number of nitrogens with zero attached hydrogens (tertiary/aromatic N) is 3. The summed E-state index contributed by atoms with van der Waals surface area (Å²) in [5, 5.41) is 2.80. The van der Waals surface area contributed by atoms with Crippen molar-refractivity contribution in [1.82, 2.24) is 15.0 Å². The molecule has 38 heavy (non-hydrogen) atoms. The zero-order valence-electron chi connectivity index (χ0n) is 21.4. The van der Waals surface area contributed by atoms with E-state index in [0.29, 0.717) is 5.56 Å². The maximum atomic E-state index is 13.5. The first-order chi connectivity index (χ1) is 18.0. The minimum Gasteiger partial charge on any atom is -0.301 e. The monoisotopic (exact) mass is 678 g/mol. The van der Waals surface area contributed by atoms with Gasteiger partial charge in [-0.05, 0) is 55.1 Å². The fourth-order valence-corrected chi connectivity index (χ4v) is 4.47. The van der Waals surface area contributed by atoms with Crippen LogP contribution in [-0.4, -0.2) is 15.0 Å². The zero-order valence-corrected chi connectivity index (χ0v) is 23.6. The molecule has 6 rings (SSSR count).